The summed E-state index contributed by atoms with van der Waals surface area (Å²) in [5.74, 6) is 1.64. The molecule has 0 radical (unpaired) electrons. The van der Waals surface area contributed by atoms with Crippen molar-refractivity contribution in [3.05, 3.63) is 66.5 Å². The highest BCUT2D eigenvalue weighted by Crippen LogP contribution is 2.41. The average Bonchev–Trinajstić information content (AvgIpc) is 3.64. The maximum absolute atomic E-state index is 12.7. The molecule has 6 rings (SSSR count). The molecule has 232 valence electrons. The fraction of sp³-hybridized carbons (Fsp3) is 0.455. The second-order valence-electron chi connectivity index (χ2n) is 13.2. The van der Waals surface area contributed by atoms with Crippen LogP contribution in [0.4, 0.5) is 10.6 Å². The summed E-state index contributed by atoms with van der Waals surface area (Å²) in [6.07, 6.45) is 3.43. The van der Waals surface area contributed by atoms with Gasteiger partial charge in [0.25, 0.3) is 0 Å². The minimum Gasteiger partial charge on any atom is -0.488 e. The van der Waals surface area contributed by atoms with Gasteiger partial charge in [0.2, 0.25) is 0 Å². The number of nitrogens with zero attached hydrogens (tertiary/aromatic N) is 6. The first kappa shape index (κ1) is 30.1. The van der Waals surface area contributed by atoms with Crippen LogP contribution in [0, 0.1) is 0 Å². The van der Waals surface area contributed by atoms with E-state index < -0.39 is 8.07 Å². The number of carbonyl (C=O) groups is 1. The maximum Gasteiger partial charge on any atom is 0.410 e. The minimum absolute atomic E-state index is 0.0814. The molecule has 0 unspecified atom stereocenters. The lowest BCUT2D eigenvalue weighted by molar-refractivity contribution is 0.0818. The van der Waals surface area contributed by atoms with Gasteiger partial charge in [0.1, 0.15) is 42.5 Å². The number of fused-ring (bicyclic) bond motifs is 1. The molecule has 1 aliphatic carbocycles. The van der Waals surface area contributed by atoms with E-state index in [-0.39, 0.29) is 18.3 Å². The van der Waals surface area contributed by atoms with Crippen molar-refractivity contribution in [1.82, 2.24) is 24.6 Å². The Hall–Kier alpha value is -3.96. The SMILES string of the molecule is CC1(Oc2ccc3c(c2)c(-c2cc(N4CCN(C(=O)OCc5ccccc5)CC4)ncn2)nn3COCC[Si](C)(C)C)CC1. The molecule has 0 atom stereocenters. The molecule has 1 saturated heterocycles. The van der Waals surface area contributed by atoms with E-state index in [0.29, 0.717) is 32.9 Å². The molecule has 1 saturated carbocycles. The van der Waals surface area contributed by atoms with E-state index in [2.05, 4.69) is 53.6 Å². The molecule has 2 aliphatic rings. The van der Waals surface area contributed by atoms with Crippen LogP contribution in [-0.2, 0) is 22.8 Å². The highest BCUT2D eigenvalue weighted by molar-refractivity contribution is 6.76. The van der Waals surface area contributed by atoms with Gasteiger partial charge in [-0.2, -0.15) is 5.10 Å². The van der Waals surface area contributed by atoms with Crippen LogP contribution in [0.3, 0.4) is 0 Å². The lowest BCUT2D eigenvalue weighted by Crippen LogP contribution is -2.49. The third-order valence-corrected chi connectivity index (χ3v) is 9.92. The van der Waals surface area contributed by atoms with Crippen molar-refractivity contribution in [1.29, 1.82) is 0 Å². The van der Waals surface area contributed by atoms with Crippen molar-refractivity contribution in [2.24, 2.45) is 0 Å². The minimum atomic E-state index is -1.19. The molecule has 44 heavy (non-hydrogen) atoms. The number of hydrogen-bond donors (Lipinski definition) is 0. The van der Waals surface area contributed by atoms with Crippen LogP contribution in [0.25, 0.3) is 22.3 Å². The van der Waals surface area contributed by atoms with E-state index in [1.54, 1.807) is 11.2 Å². The Morgan fingerprint density at radius 2 is 1.75 bits per heavy atom. The Labute approximate surface area is 260 Å². The van der Waals surface area contributed by atoms with Gasteiger partial charge in [-0.3, -0.25) is 0 Å². The standard InChI is InChI=1S/C33H42N6O4Si/c1-33(12-13-33)43-26-10-11-29-27(20-26)31(36-39(29)24-41-18-19-44(2,3)4)28-21-30(35-23-34-28)37-14-16-38(17-15-37)32(40)42-22-25-8-6-5-7-9-25/h5-11,20-21,23H,12-19,22,24H2,1-4H3. The Bertz CT molecular complexity index is 1590. The molecule has 0 spiro atoms. The quantitative estimate of drug-likeness (QED) is 0.146. The van der Waals surface area contributed by atoms with Gasteiger partial charge in [0, 0.05) is 52.3 Å². The van der Waals surface area contributed by atoms with Crippen LogP contribution in [0.2, 0.25) is 25.7 Å². The summed E-state index contributed by atoms with van der Waals surface area (Å²) in [6, 6.07) is 19.0. The molecule has 2 aromatic heterocycles. The maximum atomic E-state index is 12.7. The van der Waals surface area contributed by atoms with E-state index in [0.717, 1.165) is 64.9 Å². The molecule has 2 fully saturated rings. The van der Waals surface area contributed by atoms with Crippen molar-refractivity contribution in [2.45, 2.75) is 64.4 Å². The van der Waals surface area contributed by atoms with E-state index >= 15 is 0 Å². The molecule has 1 aliphatic heterocycles. The highest BCUT2D eigenvalue weighted by atomic mass is 28.3. The van der Waals surface area contributed by atoms with Crippen molar-refractivity contribution in [3.8, 4) is 17.1 Å². The van der Waals surface area contributed by atoms with Gasteiger partial charge < -0.3 is 24.0 Å². The summed E-state index contributed by atoms with van der Waals surface area (Å²) in [6.45, 7) is 13.0. The second kappa shape index (κ2) is 12.6. The molecule has 0 N–H and O–H groups in total. The van der Waals surface area contributed by atoms with Crippen LogP contribution >= 0.6 is 0 Å². The van der Waals surface area contributed by atoms with E-state index in [1.807, 2.05) is 47.1 Å². The van der Waals surface area contributed by atoms with Crippen LogP contribution in [0.15, 0.2) is 60.9 Å². The number of carbonyl (C=O) groups excluding carboxylic acids is 1. The number of aromatic nitrogens is 4. The van der Waals surface area contributed by atoms with Gasteiger partial charge in [-0.05, 0) is 49.6 Å². The molecular formula is C33H42N6O4Si. The average molecular weight is 615 g/mol. The zero-order valence-electron chi connectivity index (χ0n) is 26.2. The van der Waals surface area contributed by atoms with Crippen molar-refractivity contribution in [3.63, 3.8) is 0 Å². The van der Waals surface area contributed by atoms with Gasteiger partial charge in [0.15, 0.2) is 0 Å². The van der Waals surface area contributed by atoms with E-state index in [9.17, 15) is 4.79 Å². The highest BCUT2D eigenvalue weighted by Gasteiger charge is 2.40. The molecule has 10 nitrogen and oxygen atoms in total. The van der Waals surface area contributed by atoms with Gasteiger partial charge in [-0.1, -0.05) is 50.0 Å². The number of amides is 1. The number of rotatable bonds is 11. The largest absolute Gasteiger partial charge is 0.488 e. The molecule has 3 heterocycles. The smallest absolute Gasteiger partial charge is 0.410 e. The Balaban J connectivity index is 1.17. The predicted molar refractivity (Wildman–Crippen MR) is 174 cm³/mol. The van der Waals surface area contributed by atoms with Crippen molar-refractivity contribution >= 4 is 30.9 Å². The first-order chi connectivity index (χ1) is 21.2. The van der Waals surface area contributed by atoms with Crippen LogP contribution in [-0.4, -0.2) is 77.2 Å². The zero-order valence-corrected chi connectivity index (χ0v) is 27.2. The summed E-state index contributed by atoms with van der Waals surface area (Å²) >= 11 is 0. The van der Waals surface area contributed by atoms with Crippen molar-refractivity contribution < 1.29 is 19.0 Å². The van der Waals surface area contributed by atoms with E-state index in [4.69, 9.17) is 19.3 Å². The Morgan fingerprint density at radius 1 is 0.977 bits per heavy atom. The number of hydrogen-bond acceptors (Lipinski definition) is 8. The summed E-state index contributed by atoms with van der Waals surface area (Å²) in [4.78, 5) is 25.8. The zero-order chi connectivity index (χ0) is 30.7. The second-order valence-corrected chi connectivity index (χ2v) is 18.8. The molecule has 0 bridgehead atoms. The van der Waals surface area contributed by atoms with Gasteiger partial charge in [-0.15, -0.1) is 0 Å². The first-order valence-electron chi connectivity index (χ1n) is 15.5. The van der Waals surface area contributed by atoms with E-state index in [1.165, 1.54) is 0 Å². The molecule has 4 aromatic rings. The van der Waals surface area contributed by atoms with Gasteiger partial charge in [-0.25, -0.2) is 19.4 Å². The summed E-state index contributed by atoms with van der Waals surface area (Å²) in [5.41, 5.74) is 3.38. The summed E-state index contributed by atoms with van der Waals surface area (Å²) in [5, 5.41) is 5.95. The number of benzene rings is 2. The fourth-order valence-electron chi connectivity index (χ4n) is 5.18. The monoisotopic (exact) mass is 614 g/mol. The summed E-state index contributed by atoms with van der Waals surface area (Å²) in [7, 11) is -1.19. The number of piperazine rings is 1. The topological polar surface area (TPSA) is 94.8 Å². The summed E-state index contributed by atoms with van der Waals surface area (Å²) < 4.78 is 19.8. The predicted octanol–water partition coefficient (Wildman–Crippen LogP) is 6.20. The molecule has 2 aromatic carbocycles. The normalized spacial score (nSPS) is 16.3. The third-order valence-electron chi connectivity index (χ3n) is 8.21. The Morgan fingerprint density at radius 3 is 2.48 bits per heavy atom. The lowest BCUT2D eigenvalue weighted by Gasteiger charge is -2.34. The van der Waals surface area contributed by atoms with Crippen LogP contribution in [0.1, 0.15) is 25.3 Å². The molecule has 1 amide bonds. The number of anilines is 1. The first-order valence-corrected chi connectivity index (χ1v) is 19.2. The number of ether oxygens (including phenoxy) is 3. The van der Waals surface area contributed by atoms with Crippen LogP contribution < -0.4 is 9.64 Å². The lowest BCUT2D eigenvalue weighted by atomic mass is 10.1. The Kier molecular flexibility index (Phi) is 8.59. The molecular weight excluding hydrogens is 572 g/mol. The van der Waals surface area contributed by atoms with Crippen molar-refractivity contribution in [2.75, 3.05) is 37.7 Å². The third kappa shape index (κ3) is 7.39. The fourth-order valence-corrected chi connectivity index (χ4v) is 5.94. The van der Waals surface area contributed by atoms with Crippen LogP contribution in [0.5, 0.6) is 5.75 Å². The van der Waals surface area contributed by atoms with Gasteiger partial charge >= 0.3 is 6.09 Å². The van der Waals surface area contributed by atoms with Gasteiger partial charge in [0.05, 0.1) is 11.2 Å². The molecule has 11 heteroatoms.